The Kier molecular flexibility index (Phi) is 4.59. The van der Waals surface area contributed by atoms with Gasteiger partial charge in [-0.05, 0) is 36.1 Å². The number of hydrogen-bond acceptors (Lipinski definition) is 6. The summed E-state index contributed by atoms with van der Waals surface area (Å²) < 4.78 is 10.9. The highest BCUT2D eigenvalue weighted by atomic mass is 32.1. The highest BCUT2D eigenvalue weighted by Crippen LogP contribution is 2.31. The molecule has 0 radical (unpaired) electrons. The molecule has 0 bridgehead atoms. The van der Waals surface area contributed by atoms with Crippen molar-refractivity contribution in [2.75, 3.05) is 13.7 Å². The molecule has 0 amide bonds. The first-order valence-electron chi connectivity index (χ1n) is 7.25. The molecule has 0 saturated carbocycles. The Hall–Kier alpha value is -2.38. The number of hydrogen-bond donors (Lipinski definition) is 2. The Morgan fingerprint density at radius 3 is 2.87 bits per heavy atom. The molecule has 0 aliphatic carbocycles. The summed E-state index contributed by atoms with van der Waals surface area (Å²) >= 11 is 1.59. The molecule has 0 fully saturated rings. The molecule has 0 aliphatic heterocycles. The normalized spacial score (nSPS) is 12.1. The van der Waals surface area contributed by atoms with Crippen LogP contribution in [-0.2, 0) is 0 Å². The van der Waals surface area contributed by atoms with Crippen molar-refractivity contribution in [3.05, 3.63) is 47.1 Å². The lowest BCUT2D eigenvalue weighted by Crippen LogP contribution is -2.14. The van der Waals surface area contributed by atoms with Crippen LogP contribution < -0.4 is 15.2 Å². The van der Waals surface area contributed by atoms with Crippen LogP contribution in [-0.4, -0.2) is 28.9 Å². The number of rotatable bonds is 6. The molecule has 1 aromatic carbocycles. The van der Waals surface area contributed by atoms with E-state index in [0.717, 1.165) is 10.4 Å². The topological polar surface area (TPSA) is 86.0 Å². The van der Waals surface area contributed by atoms with Gasteiger partial charge in [0.25, 0.3) is 0 Å². The highest BCUT2D eigenvalue weighted by Gasteiger charge is 2.17. The zero-order chi connectivity index (χ0) is 16.2. The van der Waals surface area contributed by atoms with E-state index in [1.54, 1.807) is 18.4 Å². The second-order valence-corrected chi connectivity index (χ2v) is 5.79. The quantitative estimate of drug-likeness (QED) is 0.725. The summed E-state index contributed by atoms with van der Waals surface area (Å²) in [4.78, 5) is 5.49. The van der Waals surface area contributed by atoms with Crippen molar-refractivity contribution in [3.63, 3.8) is 0 Å². The van der Waals surface area contributed by atoms with Gasteiger partial charge in [0.2, 0.25) is 0 Å². The second kappa shape index (κ2) is 6.80. The number of nitrogens with two attached hydrogens (primary N) is 1. The molecule has 120 valence electrons. The lowest BCUT2D eigenvalue weighted by atomic mass is 10.1. The third-order valence-corrected chi connectivity index (χ3v) is 4.25. The number of aromatic amines is 1. The monoisotopic (exact) mass is 330 g/mol. The summed E-state index contributed by atoms with van der Waals surface area (Å²) in [6.07, 6.45) is 0. The van der Waals surface area contributed by atoms with Crippen molar-refractivity contribution >= 4 is 11.3 Å². The van der Waals surface area contributed by atoms with E-state index in [0.29, 0.717) is 29.8 Å². The Labute approximate surface area is 138 Å². The minimum Gasteiger partial charge on any atom is -0.493 e. The number of benzene rings is 1. The molecule has 3 N–H and O–H groups in total. The Morgan fingerprint density at radius 1 is 1.30 bits per heavy atom. The molecule has 2 heterocycles. The third kappa shape index (κ3) is 3.20. The van der Waals surface area contributed by atoms with E-state index in [1.807, 2.05) is 42.6 Å². The molecule has 0 aliphatic rings. The van der Waals surface area contributed by atoms with Crippen molar-refractivity contribution in [3.8, 4) is 22.2 Å². The van der Waals surface area contributed by atoms with Gasteiger partial charge in [-0.2, -0.15) is 5.10 Å². The van der Waals surface area contributed by atoms with Gasteiger partial charge in [-0.3, -0.25) is 5.10 Å². The van der Waals surface area contributed by atoms with Crippen molar-refractivity contribution in [1.29, 1.82) is 0 Å². The molecule has 3 aromatic rings. The van der Waals surface area contributed by atoms with Crippen LogP contribution in [0.5, 0.6) is 11.5 Å². The van der Waals surface area contributed by atoms with Gasteiger partial charge in [-0.15, -0.1) is 11.3 Å². The number of methoxy groups -OCH3 is 1. The number of thiophene rings is 1. The van der Waals surface area contributed by atoms with Gasteiger partial charge in [0.15, 0.2) is 17.3 Å². The fourth-order valence-corrected chi connectivity index (χ4v) is 2.90. The van der Waals surface area contributed by atoms with E-state index in [4.69, 9.17) is 15.2 Å². The Balaban J connectivity index is 1.86. The maximum Gasteiger partial charge on any atom is 0.191 e. The van der Waals surface area contributed by atoms with Crippen LogP contribution >= 0.6 is 11.3 Å². The number of ether oxygens (including phenoxy) is 2. The SMILES string of the molecule is CCOc1ccc(C(N)c2nc(-c3cccs3)n[nH]2)cc1OC. The van der Waals surface area contributed by atoms with Gasteiger partial charge in [-0.25, -0.2) is 4.98 Å². The fourth-order valence-electron chi connectivity index (χ4n) is 2.24. The first-order chi connectivity index (χ1) is 11.2. The molecule has 1 unspecified atom stereocenters. The van der Waals surface area contributed by atoms with Crippen molar-refractivity contribution < 1.29 is 9.47 Å². The lowest BCUT2D eigenvalue weighted by molar-refractivity contribution is 0.310. The molecule has 0 saturated heterocycles. The average Bonchev–Trinajstić information content (AvgIpc) is 3.26. The molecule has 1 atom stereocenters. The predicted octanol–water partition coefficient (Wildman–Crippen LogP) is 2.99. The zero-order valence-electron chi connectivity index (χ0n) is 12.9. The molecule has 6 nitrogen and oxygen atoms in total. The number of H-pyrrole nitrogens is 1. The van der Waals surface area contributed by atoms with Crippen LogP contribution in [0.4, 0.5) is 0 Å². The summed E-state index contributed by atoms with van der Waals surface area (Å²) in [7, 11) is 1.61. The smallest absolute Gasteiger partial charge is 0.191 e. The average molecular weight is 330 g/mol. The summed E-state index contributed by atoms with van der Waals surface area (Å²) in [6.45, 7) is 2.51. The second-order valence-electron chi connectivity index (χ2n) is 4.84. The maximum atomic E-state index is 6.30. The molecule has 23 heavy (non-hydrogen) atoms. The minimum atomic E-state index is -0.416. The van der Waals surface area contributed by atoms with Crippen LogP contribution in [0.2, 0.25) is 0 Å². The minimum absolute atomic E-state index is 0.416. The van der Waals surface area contributed by atoms with Gasteiger partial charge in [0.05, 0.1) is 24.6 Å². The van der Waals surface area contributed by atoms with Gasteiger partial charge in [0, 0.05) is 0 Å². The van der Waals surface area contributed by atoms with Crippen molar-refractivity contribution in [2.24, 2.45) is 5.73 Å². The van der Waals surface area contributed by atoms with Crippen molar-refractivity contribution in [1.82, 2.24) is 15.2 Å². The van der Waals surface area contributed by atoms with Crippen LogP contribution in [0.15, 0.2) is 35.7 Å². The van der Waals surface area contributed by atoms with Gasteiger partial charge in [0.1, 0.15) is 5.82 Å². The maximum absolute atomic E-state index is 6.30. The van der Waals surface area contributed by atoms with E-state index in [-0.39, 0.29) is 0 Å². The van der Waals surface area contributed by atoms with E-state index >= 15 is 0 Å². The van der Waals surface area contributed by atoms with Gasteiger partial charge < -0.3 is 15.2 Å². The molecule has 3 rings (SSSR count). The molecular weight excluding hydrogens is 312 g/mol. The largest absolute Gasteiger partial charge is 0.493 e. The van der Waals surface area contributed by atoms with Crippen LogP contribution in [0.3, 0.4) is 0 Å². The van der Waals surface area contributed by atoms with Crippen LogP contribution in [0, 0.1) is 0 Å². The van der Waals surface area contributed by atoms with Gasteiger partial charge >= 0.3 is 0 Å². The number of aromatic nitrogens is 3. The summed E-state index contributed by atoms with van der Waals surface area (Å²) in [5.41, 5.74) is 7.18. The van der Waals surface area contributed by atoms with E-state index in [2.05, 4.69) is 15.2 Å². The van der Waals surface area contributed by atoms with Crippen molar-refractivity contribution in [2.45, 2.75) is 13.0 Å². The van der Waals surface area contributed by atoms with E-state index < -0.39 is 6.04 Å². The summed E-state index contributed by atoms with van der Waals surface area (Å²) in [5, 5.41) is 9.14. The first-order valence-corrected chi connectivity index (χ1v) is 8.13. The summed E-state index contributed by atoms with van der Waals surface area (Å²) in [6, 6.07) is 9.15. The molecule has 0 spiro atoms. The van der Waals surface area contributed by atoms with Gasteiger partial charge in [-0.1, -0.05) is 12.1 Å². The first kappa shape index (κ1) is 15.5. The molecule has 7 heteroatoms. The van der Waals surface area contributed by atoms with Crippen LogP contribution in [0.1, 0.15) is 24.4 Å². The number of nitrogens with one attached hydrogen (secondary N) is 1. The molecular formula is C16H18N4O2S. The highest BCUT2D eigenvalue weighted by molar-refractivity contribution is 7.13. The zero-order valence-corrected chi connectivity index (χ0v) is 13.8. The third-order valence-electron chi connectivity index (χ3n) is 3.39. The Morgan fingerprint density at radius 2 is 2.17 bits per heavy atom. The van der Waals surface area contributed by atoms with E-state index in [1.165, 1.54) is 0 Å². The fraction of sp³-hybridized carbons (Fsp3) is 0.250. The predicted molar refractivity (Wildman–Crippen MR) is 89.9 cm³/mol. The summed E-state index contributed by atoms with van der Waals surface area (Å²) in [5.74, 6) is 2.61. The Bertz CT molecular complexity index is 770. The molecule has 2 aromatic heterocycles. The lowest BCUT2D eigenvalue weighted by Gasteiger charge is -2.13. The van der Waals surface area contributed by atoms with Crippen LogP contribution in [0.25, 0.3) is 10.7 Å². The standard InChI is InChI=1S/C16H18N4O2S/c1-3-22-11-7-6-10(9-12(11)21-2)14(17)16-18-15(19-20-16)13-5-4-8-23-13/h4-9,14H,3,17H2,1-2H3,(H,18,19,20). The van der Waals surface area contributed by atoms with E-state index in [9.17, 15) is 0 Å². The number of nitrogens with zero attached hydrogens (tertiary/aromatic N) is 2.